The lowest BCUT2D eigenvalue weighted by atomic mass is 10.6. The van der Waals surface area contributed by atoms with Crippen LogP contribution in [0.4, 0.5) is 5.69 Å². The second-order valence-electron chi connectivity index (χ2n) is 1.32. The van der Waals surface area contributed by atoms with Gasteiger partial charge in [0, 0.05) is 0 Å². The Hall–Kier alpha value is -0.770. The number of nitrogens with zero attached hydrogens (tertiary/aromatic N) is 2. The van der Waals surface area contributed by atoms with Gasteiger partial charge < -0.3 is 5.73 Å². The highest BCUT2D eigenvalue weighted by Gasteiger charge is 1.83. The van der Waals surface area contributed by atoms with Crippen molar-refractivity contribution in [2.45, 2.75) is 5.16 Å². The van der Waals surface area contributed by atoms with Crippen molar-refractivity contribution < 1.29 is 0 Å². The molecule has 0 saturated heterocycles. The fourth-order valence-corrected chi connectivity index (χ4v) is 0.447. The Morgan fingerprint density at radius 2 is 1.88 bits per heavy atom. The number of rotatable bonds is 0. The van der Waals surface area contributed by atoms with E-state index in [1.165, 1.54) is 12.4 Å². The van der Waals surface area contributed by atoms with Gasteiger partial charge in [0.2, 0.25) is 0 Å². The minimum absolute atomic E-state index is 0.444. The molecule has 0 bridgehead atoms. The van der Waals surface area contributed by atoms with Gasteiger partial charge in [-0.15, -0.1) is 12.6 Å². The van der Waals surface area contributed by atoms with Crippen LogP contribution in [0.25, 0.3) is 0 Å². The molecule has 0 aliphatic heterocycles. The van der Waals surface area contributed by atoms with Gasteiger partial charge in [-0.25, -0.2) is 9.97 Å². The molecule has 4 heteroatoms. The third-order valence-corrected chi connectivity index (χ3v) is 0.889. The van der Waals surface area contributed by atoms with Crippen molar-refractivity contribution in [1.82, 2.24) is 9.97 Å². The van der Waals surface area contributed by atoms with E-state index < -0.39 is 0 Å². The van der Waals surface area contributed by atoms with Crippen molar-refractivity contribution in [2.24, 2.45) is 0 Å². The SMILES string of the molecule is Nc1cnc(S)nc1. The Bertz CT molecular complexity index is 150. The fourth-order valence-electron chi connectivity index (χ4n) is 0.331. The number of hydrogen-bond acceptors (Lipinski definition) is 4. The van der Waals surface area contributed by atoms with Crippen LogP contribution in [0.5, 0.6) is 0 Å². The number of aromatic nitrogens is 2. The Morgan fingerprint density at radius 3 is 2.25 bits per heavy atom. The molecule has 0 saturated carbocycles. The van der Waals surface area contributed by atoms with E-state index in [1.807, 2.05) is 0 Å². The van der Waals surface area contributed by atoms with Crippen LogP contribution in [0.2, 0.25) is 0 Å². The number of hydrogen-bond donors (Lipinski definition) is 2. The fraction of sp³-hybridized carbons (Fsp3) is 0. The van der Waals surface area contributed by atoms with Gasteiger partial charge in [-0.1, -0.05) is 0 Å². The number of nitrogen functional groups attached to an aromatic ring is 1. The maximum absolute atomic E-state index is 5.27. The van der Waals surface area contributed by atoms with Crippen LogP contribution in [0.15, 0.2) is 17.6 Å². The third kappa shape index (κ3) is 1.10. The summed E-state index contributed by atoms with van der Waals surface area (Å²) in [5.74, 6) is 0. The van der Waals surface area contributed by atoms with E-state index in [9.17, 15) is 0 Å². The first kappa shape index (κ1) is 5.37. The molecule has 0 spiro atoms. The summed E-state index contributed by atoms with van der Waals surface area (Å²) < 4.78 is 0. The van der Waals surface area contributed by atoms with Crippen molar-refractivity contribution in [2.75, 3.05) is 5.73 Å². The zero-order chi connectivity index (χ0) is 5.98. The third-order valence-electron chi connectivity index (χ3n) is 0.658. The molecule has 1 aromatic heterocycles. The van der Waals surface area contributed by atoms with Crippen molar-refractivity contribution in [1.29, 1.82) is 0 Å². The van der Waals surface area contributed by atoms with Crippen LogP contribution in [0, 0.1) is 0 Å². The van der Waals surface area contributed by atoms with Gasteiger partial charge in [0.1, 0.15) is 0 Å². The largest absolute Gasteiger partial charge is 0.396 e. The lowest BCUT2D eigenvalue weighted by Crippen LogP contribution is -1.88. The van der Waals surface area contributed by atoms with E-state index in [0.29, 0.717) is 10.8 Å². The van der Waals surface area contributed by atoms with Crippen molar-refractivity contribution in [3.05, 3.63) is 12.4 Å². The minimum atomic E-state index is 0.444. The van der Waals surface area contributed by atoms with E-state index in [-0.39, 0.29) is 0 Å². The molecule has 0 radical (unpaired) electrons. The smallest absolute Gasteiger partial charge is 0.184 e. The molecule has 1 heterocycles. The van der Waals surface area contributed by atoms with Gasteiger partial charge in [0.25, 0.3) is 0 Å². The molecular formula is C4H5N3S. The van der Waals surface area contributed by atoms with Gasteiger partial charge >= 0.3 is 0 Å². The predicted molar refractivity (Wildman–Crippen MR) is 33.7 cm³/mol. The maximum Gasteiger partial charge on any atom is 0.184 e. The molecule has 0 aliphatic carbocycles. The summed E-state index contributed by atoms with van der Waals surface area (Å²) in [5.41, 5.74) is 5.83. The molecule has 0 amide bonds. The van der Waals surface area contributed by atoms with Crippen molar-refractivity contribution in [3.8, 4) is 0 Å². The Balaban J connectivity index is 3.03. The van der Waals surface area contributed by atoms with Crippen LogP contribution in [0.3, 0.4) is 0 Å². The van der Waals surface area contributed by atoms with Crippen LogP contribution in [-0.4, -0.2) is 9.97 Å². The Kier molecular flexibility index (Phi) is 1.34. The molecule has 0 fully saturated rings. The van der Waals surface area contributed by atoms with E-state index in [4.69, 9.17) is 5.73 Å². The van der Waals surface area contributed by atoms with Gasteiger partial charge in [0.05, 0.1) is 18.1 Å². The van der Waals surface area contributed by atoms with Crippen molar-refractivity contribution >= 4 is 18.3 Å². The molecule has 8 heavy (non-hydrogen) atoms. The lowest BCUT2D eigenvalue weighted by Gasteiger charge is -1.88. The second-order valence-corrected chi connectivity index (χ2v) is 1.72. The monoisotopic (exact) mass is 127 g/mol. The van der Waals surface area contributed by atoms with E-state index >= 15 is 0 Å². The van der Waals surface area contributed by atoms with Gasteiger partial charge in [-0.2, -0.15) is 0 Å². The molecule has 0 unspecified atom stereocenters. The summed E-state index contributed by atoms with van der Waals surface area (Å²) in [6.07, 6.45) is 3.02. The molecule has 0 aliphatic rings. The molecule has 42 valence electrons. The van der Waals surface area contributed by atoms with Gasteiger partial charge in [0.15, 0.2) is 5.16 Å². The average Bonchev–Trinajstić information content (AvgIpc) is 1.77. The van der Waals surface area contributed by atoms with Gasteiger partial charge in [-0.05, 0) is 0 Å². The summed E-state index contributed by atoms with van der Waals surface area (Å²) in [6, 6.07) is 0. The number of nitrogens with two attached hydrogens (primary N) is 1. The van der Waals surface area contributed by atoms with Crippen LogP contribution < -0.4 is 5.73 Å². The first-order valence-corrected chi connectivity index (χ1v) is 2.50. The van der Waals surface area contributed by atoms with Crippen LogP contribution in [0.1, 0.15) is 0 Å². The quantitative estimate of drug-likeness (QED) is 0.390. The number of anilines is 1. The second kappa shape index (κ2) is 2.00. The van der Waals surface area contributed by atoms with E-state index in [1.54, 1.807) is 0 Å². The first-order chi connectivity index (χ1) is 3.79. The highest BCUT2D eigenvalue weighted by atomic mass is 32.1. The molecule has 0 atom stereocenters. The molecule has 1 rings (SSSR count). The molecule has 2 N–H and O–H groups in total. The zero-order valence-electron chi connectivity index (χ0n) is 4.07. The highest BCUT2D eigenvalue weighted by Crippen LogP contribution is 1.97. The van der Waals surface area contributed by atoms with Crippen molar-refractivity contribution in [3.63, 3.8) is 0 Å². The average molecular weight is 127 g/mol. The summed E-state index contributed by atoms with van der Waals surface area (Å²) in [7, 11) is 0. The van der Waals surface area contributed by atoms with E-state index in [2.05, 4.69) is 22.6 Å². The molecule has 0 aromatic carbocycles. The van der Waals surface area contributed by atoms with Crippen LogP contribution in [-0.2, 0) is 0 Å². The molecule has 1 aromatic rings. The lowest BCUT2D eigenvalue weighted by molar-refractivity contribution is 0.979. The molecule has 3 nitrogen and oxygen atoms in total. The normalized spacial score (nSPS) is 9.12. The highest BCUT2D eigenvalue weighted by molar-refractivity contribution is 7.80. The summed E-state index contributed by atoms with van der Waals surface area (Å²) in [5, 5.41) is 0.444. The Morgan fingerprint density at radius 1 is 1.38 bits per heavy atom. The minimum Gasteiger partial charge on any atom is -0.396 e. The molecular weight excluding hydrogens is 122 g/mol. The predicted octanol–water partition coefficient (Wildman–Crippen LogP) is 0.348. The van der Waals surface area contributed by atoms with Crippen LogP contribution >= 0.6 is 12.6 Å². The summed E-state index contributed by atoms with van der Waals surface area (Å²) in [4.78, 5) is 7.41. The topological polar surface area (TPSA) is 51.8 Å². The first-order valence-electron chi connectivity index (χ1n) is 2.05. The maximum atomic E-state index is 5.27. The number of thiol groups is 1. The zero-order valence-corrected chi connectivity index (χ0v) is 4.97. The standard InChI is InChI=1S/C4H5N3S/c5-3-1-6-4(8)7-2-3/h1-2H,5H2,(H,6,7,8). The van der Waals surface area contributed by atoms with Gasteiger partial charge in [-0.3, -0.25) is 0 Å². The Labute approximate surface area is 52.4 Å². The van der Waals surface area contributed by atoms with E-state index in [0.717, 1.165) is 0 Å². The summed E-state index contributed by atoms with van der Waals surface area (Å²) in [6.45, 7) is 0. The summed E-state index contributed by atoms with van der Waals surface area (Å²) >= 11 is 3.85.